The van der Waals surface area contributed by atoms with Crippen molar-refractivity contribution in [3.8, 4) is 0 Å². The summed E-state index contributed by atoms with van der Waals surface area (Å²) in [5.74, 6) is 1.12. The molecule has 0 spiro atoms. The van der Waals surface area contributed by atoms with E-state index in [4.69, 9.17) is 0 Å². The van der Waals surface area contributed by atoms with Crippen LogP contribution in [0.15, 0.2) is 18.5 Å². The van der Waals surface area contributed by atoms with Gasteiger partial charge in [0, 0.05) is 39.0 Å². The van der Waals surface area contributed by atoms with Gasteiger partial charge in [-0.25, -0.2) is 9.97 Å². The predicted molar refractivity (Wildman–Crippen MR) is 125 cm³/mol. The highest BCUT2D eigenvalue weighted by molar-refractivity contribution is 7.19. The molecule has 3 aromatic rings. The summed E-state index contributed by atoms with van der Waals surface area (Å²) in [5.41, 5.74) is 5.98. The van der Waals surface area contributed by atoms with Crippen molar-refractivity contribution >= 4 is 44.7 Å². The smallest absolute Gasteiger partial charge is 0.225 e. The van der Waals surface area contributed by atoms with E-state index in [-0.39, 0.29) is 11.8 Å². The first-order valence-electron chi connectivity index (χ1n) is 10.3. The lowest BCUT2D eigenvalue weighted by Gasteiger charge is -2.24. The van der Waals surface area contributed by atoms with Crippen LogP contribution in [-0.2, 0) is 17.6 Å². The third kappa shape index (κ3) is 3.62. The number of carbonyl (C=O) groups is 1. The van der Waals surface area contributed by atoms with Crippen molar-refractivity contribution in [2.75, 3.05) is 38.4 Å². The third-order valence-electron chi connectivity index (χ3n) is 5.98. The monoisotopic (exact) mass is 423 g/mol. The lowest BCUT2D eigenvalue weighted by molar-refractivity contribution is -0.133. The summed E-state index contributed by atoms with van der Waals surface area (Å²) in [6, 6.07) is 4.39. The fourth-order valence-corrected chi connectivity index (χ4v) is 5.45. The molecule has 6 nitrogen and oxygen atoms in total. The van der Waals surface area contributed by atoms with Gasteiger partial charge in [-0.3, -0.25) is 4.79 Å². The number of hydrogen-bond donors (Lipinski definition) is 1. The molecule has 1 N–H and O–H groups in total. The maximum absolute atomic E-state index is 12.5. The van der Waals surface area contributed by atoms with Crippen LogP contribution >= 0.6 is 11.3 Å². The Kier molecular flexibility index (Phi) is 5.40. The Morgan fingerprint density at radius 2 is 1.87 bits per heavy atom. The minimum Gasteiger partial charge on any atom is -0.376 e. The molecule has 4 rings (SSSR count). The molecule has 7 heteroatoms. The molecule has 2 heterocycles. The van der Waals surface area contributed by atoms with Crippen molar-refractivity contribution in [2.24, 2.45) is 5.92 Å². The zero-order chi connectivity index (χ0) is 21.6. The van der Waals surface area contributed by atoms with E-state index >= 15 is 0 Å². The first-order chi connectivity index (χ1) is 14.3. The molecule has 1 unspecified atom stereocenters. The highest BCUT2D eigenvalue weighted by Crippen LogP contribution is 2.41. The van der Waals surface area contributed by atoms with Gasteiger partial charge in [-0.1, -0.05) is 0 Å². The van der Waals surface area contributed by atoms with Crippen LogP contribution < -0.4 is 10.2 Å². The number of amides is 1. The molecule has 0 bridgehead atoms. The number of thiophene rings is 1. The van der Waals surface area contributed by atoms with E-state index in [2.05, 4.69) is 60.3 Å². The summed E-state index contributed by atoms with van der Waals surface area (Å²) in [6.07, 6.45) is 4.18. The van der Waals surface area contributed by atoms with Crippen LogP contribution in [0.4, 0.5) is 17.2 Å². The number of carbonyl (C=O) groups excluding carboxylic acids is 1. The average Bonchev–Trinajstić information content (AvgIpc) is 3.08. The van der Waals surface area contributed by atoms with Crippen molar-refractivity contribution in [1.82, 2.24) is 14.9 Å². The average molecular weight is 424 g/mol. The summed E-state index contributed by atoms with van der Waals surface area (Å²) in [5, 5.41) is 4.70. The topological polar surface area (TPSA) is 61.4 Å². The summed E-state index contributed by atoms with van der Waals surface area (Å²) in [6.45, 7) is 4.26. The number of aryl methyl sites for hydroxylation is 3. The SMILES string of the molecule is Cc1cc(Nc2ncnc3sc4c(c23)CCC(C(=O)N(C)C)C4)c(N(C)C)cc1C. The van der Waals surface area contributed by atoms with Gasteiger partial charge in [-0.15, -0.1) is 11.3 Å². The Morgan fingerprint density at radius 3 is 2.57 bits per heavy atom. The highest BCUT2D eigenvalue weighted by atomic mass is 32.1. The maximum atomic E-state index is 12.5. The van der Waals surface area contributed by atoms with Gasteiger partial charge in [-0.2, -0.15) is 0 Å². The fourth-order valence-electron chi connectivity index (χ4n) is 4.18. The van der Waals surface area contributed by atoms with Gasteiger partial charge in [0.15, 0.2) is 0 Å². The molecule has 1 amide bonds. The fraction of sp³-hybridized carbons (Fsp3) is 0.435. The Morgan fingerprint density at radius 1 is 1.13 bits per heavy atom. The van der Waals surface area contributed by atoms with E-state index in [0.29, 0.717) is 0 Å². The van der Waals surface area contributed by atoms with Crippen molar-refractivity contribution in [1.29, 1.82) is 0 Å². The van der Waals surface area contributed by atoms with Crippen LogP contribution in [0.2, 0.25) is 0 Å². The maximum Gasteiger partial charge on any atom is 0.225 e. The second kappa shape index (κ2) is 7.87. The molecule has 0 saturated heterocycles. The normalized spacial score (nSPS) is 15.7. The molecule has 2 aromatic heterocycles. The van der Waals surface area contributed by atoms with Crippen molar-refractivity contribution in [3.05, 3.63) is 40.0 Å². The number of aromatic nitrogens is 2. The van der Waals surface area contributed by atoms with Gasteiger partial charge >= 0.3 is 0 Å². The number of rotatable bonds is 4. The summed E-state index contributed by atoms with van der Waals surface area (Å²) >= 11 is 1.70. The summed E-state index contributed by atoms with van der Waals surface area (Å²) in [4.78, 5) is 27.7. The molecular formula is C23H29N5OS. The molecule has 30 heavy (non-hydrogen) atoms. The molecule has 1 aromatic carbocycles. The van der Waals surface area contributed by atoms with Crippen LogP contribution in [0.25, 0.3) is 10.2 Å². The van der Waals surface area contributed by atoms with Crippen LogP contribution in [0, 0.1) is 19.8 Å². The van der Waals surface area contributed by atoms with Gasteiger partial charge in [0.2, 0.25) is 5.91 Å². The molecule has 1 aliphatic rings. The largest absolute Gasteiger partial charge is 0.376 e. The van der Waals surface area contributed by atoms with Crippen LogP contribution in [0.1, 0.15) is 28.0 Å². The molecule has 158 valence electrons. The molecule has 1 atom stereocenters. The lowest BCUT2D eigenvalue weighted by atomic mass is 9.87. The summed E-state index contributed by atoms with van der Waals surface area (Å²) in [7, 11) is 7.78. The Balaban J connectivity index is 1.75. The molecular weight excluding hydrogens is 394 g/mol. The number of nitrogens with zero attached hydrogens (tertiary/aromatic N) is 4. The minimum absolute atomic E-state index is 0.0602. The van der Waals surface area contributed by atoms with E-state index in [9.17, 15) is 4.79 Å². The molecule has 0 fully saturated rings. The molecule has 1 aliphatic carbocycles. The third-order valence-corrected chi connectivity index (χ3v) is 7.14. The predicted octanol–water partition coefficient (Wildman–Crippen LogP) is 4.31. The second-order valence-electron chi connectivity index (χ2n) is 8.55. The van der Waals surface area contributed by atoms with Gasteiger partial charge in [0.1, 0.15) is 17.0 Å². The number of hydrogen-bond acceptors (Lipinski definition) is 6. The van der Waals surface area contributed by atoms with Crippen LogP contribution in [0.3, 0.4) is 0 Å². The Hall–Kier alpha value is -2.67. The van der Waals surface area contributed by atoms with Gasteiger partial charge in [0.25, 0.3) is 0 Å². The Labute approximate surface area is 181 Å². The standard InChI is InChI=1S/C23H29N5OS/c1-13-9-17(18(27(3)4)10-14(13)2)26-21-20-16-8-7-15(23(29)28(5)6)11-19(16)30-22(20)25-12-24-21/h9-10,12,15H,7-8,11H2,1-6H3,(H,24,25,26). The van der Waals surface area contributed by atoms with Crippen LogP contribution in [0.5, 0.6) is 0 Å². The van der Waals surface area contributed by atoms with E-state index in [0.717, 1.165) is 46.7 Å². The summed E-state index contributed by atoms with van der Waals surface area (Å²) < 4.78 is 0. The van der Waals surface area contributed by atoms with Crippen molar-refractivity contribution in [2.45, 2.75) is 33.1 Å². The number of anilines is 3. The lowest BCUT2D eigenvalue weighted by Crippen LogP contribution is -2.32. The minimum atomic E-state index is 0.0602. The highest BCUT2D eigenvalue weighted by Gasteiger charge is 2.30. The van der Waals surface area contributed by atoms with E-state index < -0.39 is 0 Å². The van der Waals surface area contributed by atoms with Gasteiger partial charge in [-0.05, 0) is 61.9 Å². The zero-order valence-corrected chi connectivity index (χ0v) is 19.4. The van der Waals surface area contributed by atoms with Crippen molar-refractivity contribution < 1.29 is 4.79 Å². The number of nitrogens with one attached hydrogen (secondary N) is 1. The van der Waals surface area contributed by atoms with E-state index in [1.165, 1.54) is 21.6 Å². The van der Waals surface area contributed by atoms with E-state index in [1.807, 2.05) is 14.1 Å². The second-order valence-corrected chi connectivity index (χ2v) is 9.64. The zero-order valence-electron chi connectivity index (χ0n) is 18.5. The number of fused-ring (bicyclic) bond motifs is 3. The Bertz CT molecular complexity index is 1120. The van der Waals surface area contributed by atoms with Gasteiger partial charge in [0.05, 0.1) is 16.8 Å². The molecule has 0 aliphatic heterocycles. The molecule has 0 saturated carbocycles. The molecule has 0 radical (unpaired) electrons. The van der Waals surface area contributed by atoms with Crippen molar-refractivity contribution in [3.63, 3.8) is 0 Å². The first-order valence-corrected chi connectivity index (χ1v) is 11.1. The quantitative estimate of drug-likeness (QED) is 0.678. The van der Waals surface area contributed by atoms with Crippen LogP contribution in [-0.4, -0.2) is 49.0 Å². The first kappa shape index (κ1) is 20.6. The van der Waals surface area contributed by atoms with Gasteiger partial charge < -0.3 is 15.1 Å². The number of benzene rings is 1. The van der Waals surface area contributed by atoms with E-state index in [1.54, 1.807) is 22.6 Å².